The van der Waals surface area contributed by atoms with Crippen molar-refractivity contribution in [3.63, 3.8) is 0 Å². The molecule has 2 heterocycles. The molecule has 3 rings (SSSR count). The van der Waals surface area contributed by atoms with E-state index in [1.54, 1.807) is 7.11 Å². The highest BCUT2D eigenvalue weighted by Crippen LogP contribution is 2.38. The maximum absolute atomic E-state index is 13.1. The van der Waals surface area contributed by atoms with Crippen LogP contribution in [-0.2, 0) is 11.2 Å². The van der Waals surface area contributed by atoms with Crippen LogP contribution in [0.25, 0.3) is 0 Å². The summed E-state index contributed by atoms with van der Waals surface area (Å²) in [7, 11) is 7.45. The fourth-order valence-corrected chi connectivity index (χ4v) is 3.49. The summed E-state index contributed by atoms with van der Waals surface area (Å²) in [5, 5.41) is 0. The largest absolute Gasteiger partial charge is 0.497 e. The Morgan fingerprint density at radius 1 is 1.14 bits per heavy atom. The average Bonchev–Trinajstić information content (AvgIpc) is 2.86. The number of amides is 1. The van der Waals surface area contributed by atoms with E-state index in [2.05, 4.69) is 14.9 Å². The number of hydrogen-bond donors (Lipinski definition) is 0. The lowest BCUT2D eigenvalue weighted by Crippen LogP contribution is -2.41. The number of nitrogens with zero attached hydrogens (tertiary/aromatic N) is 5. The molecule has 1 fully saturated rings. The SMILES string of the molecule is COc1ccc(CCN2C(=O)C(C)(C)N(C)C2c2cnc(N(C)C)nc2)cc1. The fraction of sp³-hybridized carbons (Fsp3) is 0.476. The maximum atomic E-state index is 13.1. The van der Waals surface area contributed by atoms with Gasteiger partial charge in [0.15, 0.2) is 0 Å². The highest BCUT2D eigenvalue weighted by atomic mass is 16.5. The highest BCUT2D eigenvalue weighted by Gasteiger charge is 2.50. The Hall–Kier alpha value is -2.67. The third-order valence-electron chi connectivity index (χ3n) is 5.48. The molecule has 0 aliphatic carbocycles. The Balaban J connectivity index is 1.83. The molecule has 0 radical (unpaired) electrons. The third-order valence-corrected chi connectivity index (χ3v) is 5.48. The van der Waals surface area contributed by atoms with Gasteiger partial charge in [0.05, 0.1) is 12.6 Å². The predicted molar refractivity (Wildman–Crippen MR) is 109 cm³/mol. The van der Waals surface area contributed by atoms with Crippen LogP contribution in [0.2, 0.25) is 0 Å². The van der Waals surface area contributed by atoms with E-state index < -0.39 is 5.54 Å². The molecule has 2 aromatic rings. The number of carbonyl (C=O) groups is 1. The zero-order chi connectivity index (χ0) is 20.5. The van der Waals surface area contributed by atoms with Crippen LogP contribution < -0.4 is 9.64 Å². The molecule has 0 saturated carbocycles. The predicted octanol–water partition coefficient (Wildman–Crippen LogP) is 2.35. The molecule has 0 spiro atoms. The molecular formula is C21H29N5O2. The second kappa shape index (κ2) is 7.75. The number of benzene rings is 1. The van der Waals surface area contributed by atoms with Gasteiger partial charge in [-0.05, 0) is 45.0 Å². The Morgan fingerprint density at radius 3 is 2.29 bits per heavy atom. The number of aromatic nitrogens is 2. The molecular weight excluding hydrogens is 354 g/mol. The van der Waals surface area contributed by atoms with Crippen molar-refractivity contribution >= 4 is 11.9 Å². The molecule has 1 unspecified atom stereocenters. The van der Waals surface area contributed by atoms with Crippen molar-refractivity contribution in [2.75, 3.05) is 39.7 Å². The first-order valence-electron chi connectivity index (χ1n) is 9.42. The molecule has 1 aliphatic rings. The van der Waals surface area contributed by atoms with Crippen LogP contribution in [0.1, 0.15) is 31.1 Å². The number of methoxy groups -OCH3 is 1. The maximum Gasteiger partial charge on any atom is 0.244 e. The summed E-state index contributed by atoms with van der Waals surface area (Å²) < 4.78 is 5.22. The zero-order valence-corrected chi connectivity index (χ0v) is 17.5. The van der Waals surface area contributed by atoms with Crippen LogP contribution in [0.15, 0.2) is 36.7 Å². The molecule has 7 heteroatoms. The summed E-state index contributed by atoms with van der Waals surface area (Å²) >= 11 is 0. The molecule has 0 bridgehead atoms. The van der Waals surface area contributed by atoms with E-state index in [9.17, 15) is 4.79 Å². The zero-order valence-electron chi connectivity index (χ0n) is 17.5. The van der Waals surface area contributed by atoms with Crippen molar-refractivity contribution in [3.8, 4) is 5.75 Å². The van der Waals surface area contributed by atoms with Crippen molar-refractivity contribution < 1.29 is 9.53 Å². The van der Waals surface area contributed by atoms with Gasteiger partial charge >= 0.3 is 0 Å². The van der Waals surface area contributed by atoms with Gasteiger partial charge in [0.1, 0.15) is 11.9 Å². The van der Waals surface area contributed by atoms with E-state index >= 15 is 0 Å². The molecule has 0 N–H and O–H groups in total. The lowest BCUT2D eigenvalue weighted by molar-refractivity contribution is -0.132. The molecule has 1 aliphatic heterocycles. The minimum Gasteiger partial charge on any atom is -0.497 e. The van der Waals surface area contributed by atoms with E-state index in [-0.39, 0.29) is 12.1 Å². The van der Waals surface area contributed by atoms with Gasteiger partial charge in [-0.3, -0.25) is 9.69 Å². The van der Waals surface area contributed by atoms with Crippen LogP contribution in [0.4, 0.5) is 5.95 Å². The number of hydrogen-bond acceptors (Lipinski definition) is 6. The van der Waals surface area contributed by atoms with E-state index in [1.807, 2.05) is 81.4 Å². The molecule has 150 valence electrons. The van der Waals surface area contributed by atoms with Crippen molar-refractivity contribution in [1.82, 2.24) is 19.8 Å². The summed E-state index contributed by atoms with van der Waals surface area (Å²) in [6.07, 6.45) is 4.22. The van der Waals surface area contributed by atoms with Gasteiger partial charge in [-0.15, -0.1) is 0 Å². The topological polar surface area (TPSA) is 61.8 Å². The van der Waals surface area contributed by atoms with Crippen LogP contribution in [0.3, 0.4) is 0 Å². The van der Waals surface area contributed by atoms with E-state index in [0.29, 0.717) is 12.5 Å². The first-order chi connectivity index (χ1) is 13.3. The quantitative estimate of drug-likeness (QED) is 0.763. The second-order valence-corrected chi connectivity index (χ2v) is 7.85. The summed E-state index contributed by atoms with van der Waals surface area (Å²) in [5.41, 5.74) is 1.51. The molecule has 1 aromatic carbocycles. The highest BCUT2D eigenvalue weighted by molar-refractivity contribution is 5.88. The summed E-state index contributed by atoms with van der Waals surface area (Å²) in [4.78, 5) is 27.9. The third kappa shape index (κ3) is 3.67. The summed E-state index contributed by atoms with van der Waals surface area (Å²) in [5.74, 6) is 1.60. The first kappa shape index (κ1) is 20.1. The normalized spacial score (nSPS) is 19.1. The van der Waals surface area contributed by atoms with Crippen molar-refractivity contribution in [2.24, 2.45) is 0 Å². The standard InChI is InChI=1S/C21H29N5O2/c1-21(2)19(27)26(12-11-15-7-9-17(28-6)10-8-15)18(25(21)5)16-13-22-20(23-14-16)24(3)4/h7-10,13-14,18H,11-12H2,1-6H3. The van der Waals surface area contributed by atoms with Crippen molar-refractivity contribution in [1.29, 1.82) is 0 Å². The average molecular weight is 383 g/mol. The minimum absolute atomic E-state index is 0.116. The number of ether oxygens (including phenoxy) is 1. The number of likely N-dealkylation sites (N-methyl/N-ethyl adjacent to an activating group) is 1. The van der Waals surface area contributed by atoms with Crippen LogP contribution in [-0.4, -0.2) is 66.0 Å². The first-order valence-corrected chi connectivity index (χ1v) is 9.42. The Morgan fingerprint density at radius 2 is 1.75 bits per heavy atom. The van der Waals surface area contributed by atoms with Gasteiger partial charge in [-0.2, -0.15) is 0 Å². The lowest BCUT2D eigenvalue weighted by atomic mass is 10.0. The van der Waals surface area contributed by atoms with E-state index in [0.717, 1.165) is 17.7 Å². The number of anilines is 1. The minimum atomic E-state index is -0.579. The smallest absolute Gasteiger partial charge is 0.244 e. The molecule has 1 amide bonds. The van der Waals surface area contributed by atoms with Gasteiger partial charge < -0.3 is 14.5 Å². The Kier molecular flexibility index (Phi) is 5.56. The lowest BCUT2D eigenvalue weighted by Gasteiger charge is -2.30. The van der Waals surface area contributed by atoms with Gasteiger partial charge in [0, 0.05) is 38.6 Å². The van der Waals surface area contributed by atoms with Crippen LogP contribution in [0, 0.1) is 0 Å². The number of carbonyl (C=O) groups excluding carboxylic acids is 1. The van der Waals surface area contributed by atoms with E-state index in [4.69, 9.17) is 4.74 Å². The Labute approximate surface area is 166 Å². The fourth-order valence-electron chi connectivity index (χ4n) is 3.49. The number of rotatable bonds is 6. The monoisotopic (exact) mass is 383 g/mol. The molecule has 28 heavy (non-hydrogen) atoms. The second-order valence-electron chi connectivity index (χ2n) is 7.85. The van der Waals surface area contributed by atoms with Gasteiger partial charge in [-0.1, -0.05) is 12.1 Å². The summed E-state index contributed by atoms with van der Waals surface area (Å²) in [6, 6.07) is 7.97. The Bertz CT molecular complexity index is 818. The molecule has 1 saturated heterocycles. The molecule has 1 atom stereocenters. The van der Waals surface area contributed by atoms with Crippen molar-refractivity contribution in [2.45, 2.75) is 32.0 Å². The summed E-state index contributed by atoms with van der Waals surface area (Å²) in [6.45, 7) is 4.55. The van der Waals surface area contributed by atoms with Crippen LogP contribution in [0.5, 0.6) is 5.75 Å². The molecule has 1 aromatic heterocycles. The van der Waals surface area contributed by atoms with Gasteiger partial charge in [-0.25, -0.2) is 9.97 Å². The molecule has 7 nitrogen and oxygen atoms in total. The van der Waals surface area contributed by atoms with Gasteiger partial charge in [0.2, 0.25) is 11.9 Å². The van der Waals surface area contributed by atoms with E-state index in [1.165, 1.54) is 5.56 Å². The van der Waals surface area contributed by atoms with Gasteiger partial charge in [0.25, 0.3) is 0 Å². The van der Waals surface area contributed by atoms with Crippen LogP contribution >= 0.6 is 0 Å². The van der Waals surface area contributed by atoms with Crippen molar-refractivity contribution in [3.05, 3.63) is 47.8 Å².